The molecule has 20 heavy (non-hydrogen) atoms. The van der Waals surface area contributed by atoms with Crippen molar-refractivity contribution < 1.29 is 17.9 Å². The molecule has 106 valence electrons. The van der Waals surface area contributed by atoms with Crippen molar-refractivity contribution in [3.63, 3.8) is 0 Å². The van der Waals surface area contributed by atoms with Crippen LogP contribution in [0.25, 0.3) is 0 Å². The summed E-state index contributed by atoms with van der Waals surface area (Å²) in [6.45, 7) is -1.47. The van der Waals surface area contributed by atoms with Gasteiger partial charge in [-0.25, -0.2) is 0 Å². The van der Waals surface area contributed by atoms with Crippen molar-refractivity contribution in [2.75, 3.05) is 13.7 Å². The number of halogens is 3. The maximum Gasteiger partial charge on any atom is 0.422 e. The number of aliphatic imine (C=N–C) groups is 1. The first-order valence-corrected chi connectivity index (χ1v) is 5.51. The second kappa shape index (κ2) is 5.24. The zero-order valence-electron chi connectivity index (χ0n) is 10.3. The highest BCUT2D eigenvalue weighted by Crippen LogP contribution is 2.30. The van der Waals surface area contributed by atoms with E-state index in [1.165, 1.54) is 24.4 Å². The van der Waals surface area contributed by atoms with E-state index >= 15 is 0 Å². The van der Waals surface area contributed by atoms with E-state index in [-0.39, 0.29) is 11.5 Å². The van der Waals surface area contributed by atoms with E-state index in [2.05, 4.69) is 15.2 Å². The smallest absolute Gasteiger partial charge is 0.422 e. The maximum absolute atomic E-state index is 12.2. The Kier molecular flexibility index (Phi) is 3.65. The molecule has 1 unspecified atom stereocenters. The van der Waals surface area contributed by atoms with Crippen LogP contribution in [0.2, 0.25) is 0 Å². The van der Waals surface area contributed by atoms with E-state index < -0.39 is 18.9 Å². The van der Waals surface area contributed by atoms with Crippen molar-refractivity contribution in [3.05, 3.63) is 29.4 Å². The Balaban J connectivity index is 2.23. The first-order valence-electron chi connectivity index (χ1n) is 5.51. The minimum atomic E-state index is -4.48. The number of aromatic amines is 1. The van der Waals surface area contributed by atoms with Gasteiger partial charge in [-0.1, -0.05) is 0 Å². The summed E-state index contributed by atoms with van der Waals surface area (Å²) in [5, 5.41) is 15.3. The van der Waals surface area contributed by atoms with E-state index in [1.54, 1.807) is 12.3 Å². The molecule has 9 heteroatoms. The summed E-state index contributed by atoms with van der Waals surface area (Å²) in [5.74, 6) is -0.161. The maximum atomic E-state index is 12.2. The number of H-pyrrole nitrogens is 1. The minimum Gasteiger partial charge on any atom is -0.468 e. The third-order valence-electron chi connectivity index (χ3n) is 2.57. The SMILES string of the molecule is CN1C(OCC(F)(F)F)=C(C#N)C=NC1c1cn[nH]c1. The Labute approximate surface area is 112 Å². The van der Waals surface area contributed by atoms with Gasteiger partial charge in [-0.3, -0.25) is 10.1 Å². The molecule has 0 fully saturated rings. The van der Waals surface area contributed by atoms with Crippen LogP contribution in [0.3, 0.4) is 0 Å². The zero-order valence-corrected chi connectivity index (χ0v) is 10.3. The van der Waals surface area contributed by atoms with Crippen LogP contribution >= 0.6 is 0 Å². The molecule has 0 bridgehead atoms. The fourth-order valence-electron chi connectivity index (χ4n) is 1.72. The molecule has 0 saturated heterocycles. The van der Waals surface area contributed by atoms with Gasteiger partial charge < -0.3 is 9.64 Å². The Bertz CT molecular complexity index is 570. The molecule has 0 spiro atoms. The molecule has 0 amide bonds. The summed E-state index contributed by atoms with van der Waals surface area (Å²) in [7, 11) is 1.50. The van der Waals surface area contributed by atoms with Crippen molar-refractivity contribution >= 4 is 6.21 Å². The quantitative estimate of drug-likeness (QED) is 0.917. The number of ether oxygens (including phenoxy) is 1. The number of aromatic nitrogens is 2. The molecule has 1 atom stereocenters. The Morgan fingerprint density at radius 1 is 1.55 bits per heavy atom. The molecule has 0 aliphatic carbocycles. The fraction of sp³-hybridized carbons (Fsp3) is 0.364. The van der Waals surface area contributed by atoms with E-state index in [0.29, 0.717) is 5.56 Å². The lowest BCUT2D eigenvalue weighted by Crippen LogP contribution is -2.31. The van der Waals surface area contributed by atoms with Crippen molar-refractivity contribution in [2.45, 2.75) is 12.3 Å². The number of nitriles is 1. The third-order valence-corrected chi connectivity index (χ3v) is 2.57. The standard InChI is InChI=1S/C11H10F3N5O/c1-19-9(8-4-17-18-5-8)16-3-7(2-15)10(19)20-6-11(12,13)14/h3-5,9H,6H2,1H3,(H,17,18). The summed E-state index contributed by atoms with van der Waals surface area (Å²) in [5.41, 5.74) is 0.588. The molecule has 1 aromatic rings. The van der Waals surface area contributed by atoms with Crippen LogP contribution in [0.5, 0.6) is 0 Å². The van der Waals surface area contributed by atoms with Crippen LogP contribution in [-0.4, -0.2) is 41.1 Å². The van der Waals surface area contributed by atoms with Gasteiger partial charge in [0.2, 0.25) is 5.88 Å². The Hall–Kier alpha value is -2.50. The Morgan fingerprint density at radius 3 is 2.85 bits per heavy atom. The highest BCUT2D eigenvalue weighted by Gasteiger charge is 2.32. The van der Waals surface area contributed by atoms with Crippen LogP contribution in [0.1, 0.15) is 11.7 Å². The van der Waals surface area contributed by atoms with Gasteiger partial charge in [-0.15, -0.1) is 0 Å². The summed E-state index contributed by atoms with van der Waals surface area (Å²) < 4.78 is 41.5. The highest BCUT2D eigenvalue weighted by atomic mass is 19.4. The second-order valence-electron chi connectivity index (χ2n) is 4.03. The summed E-state index contributed by atoms with van der Waals surface area (Å²) >= 11 is 0. The molecule has 1 aliphatic heterocycles. The summed E-state index contributed by atoms with van der Waals surface area (Å²) in [6, 6.07) is 1.76. The highest BCUT2D eigenvalue weighted by molar-refractivity contribution is 5.85. The number of hydrogen-bond acceptors (Lipinski definition) is 5. The normalized spacial score (nSPS) is 19.1. The van der Waals surface area contributed by atoms with Gasteiger partial charge in [0, 0.05) is 25.0 Å². The number of rotatable bonds is 3. The molecule has 2 heterocycles. The molecular weight excluding hydrogens is 275 g/mol. The lowest BCUT2D eigenvalue weighted by atomic mass is 10.2. The molecular formula is C11H10F3N5O. The molecule has 6 nitrogen and oxygen atoms in total. The zero-order chi connectivity index (χ0) is 14.8. The van der Waals surface area contributed by atoms with Gasteiger partial charge in [0.25, 0.3) is 0 Å². The molecule has 0 aromatic carbocycles. The lowest BCUT2D eigenvalue weighted by molar-refractivity contribution is -0.170. The number of alkyl halides is 3. The molecule has 0 saturated carbocycles. The summed E-state index contributed by atoms with van der Waals surface area (Å²) in [6.07, 6.45) is -0.805. The predicted molar refractivity (Wildman–Crippen MR) is 62.2 cm³/mol. The minimum absolute atomic E-state index is 0.0588. The monoisotopic (exact) mass is 285 g/mol. The first kappa shape index (κ1) is 13.9. The number of hydrogen-bond donors (Lipinski definition) is 1. The first-order chi connectivity index (χ1) is 9.42. The van der Waals surface area contributed by atoms with E-state index in [1.807, 2.05) is 0 Å². The van der Waals surface area contributed by atoms with Crippen molar-refractivity contribution in [2.24, 2.45) is 4.99 Å². The average molecular weight is 285 g/mol. The molecule has 1 N–H and O–H groups in total. The van der Waals surface area contributed by atoms with Gasteiger partial charge in [0.15, 0.2) is 12.8 Å². The lowest BCUT2D eigenvalue weighted by Gasteiger charge is -2.31. The molecule has 0 radical (unpaired) electrons. The van der Waals surface area contributed by atoms with Crippen molar-refractivity contribution in [1.82, 2.24) is 15.1 Å². The van der Waals surface area contributed by atoms with E-state index in [9.17, 15) is 13.2 Å². The topological polar surface area (TPSA) is 77.3 Å². The van der Waals surface area contributed by atoms with Gasteiger partial charge in [0.05, 0.1) is 6.20 Å². The van der Waals surface area contributed by atoms with Gasteiger partial charge in [0.1, 0.15) is 11.6 Å². The van der Waals surface area contributed by atoms with Gasteiger partial charge in [-0.05, 0) is 0 Å². The number of nitrogens with zero attached hydrogens (tertiary/aromatic N) is 4. The molecule has 1 aromatic heterocycles. The molecule has 1 aliphatic rings. The van der Waals surface area contributed by atoms with Crippen molar-refractivity contribution in [3.8, 4) is 6.07 Å². The van der Waals surface area contributed by atoms with Crippen molar-refractivity contribution in [1.29, 1.82) is 5.26 Å². The van der Waals surface area contributed by atoms with Crippen LogP contribution < -0.4 is 0 Å². The number of nitrogens with one attached hydrogen (secondary N) is 1. The molecule has 2 rings (SSSR count). The number of allylic oxidation sites excluding steroid dienone is 1. The van der Waals surface area contributed by atoms with Crippen LogP contribution in [0, 0.1) is 11.3 Å². The van der Waals surface area contributed by atoms with Gasteiger partial charge in [-0.2, -0.15) is 23.5 Å². The average Bonchev–Trinajstić information content (AvgIpc) is 2.89. The fourth-order valence-corrected chi connectivity index (χ4v) is 1.72. The van der Waals surface area contributed by atoms with Crippen LogP contribution in [0.15, 0.2) is 28.8 Å². The van der Waals surface area contributed by atoms with E-state index in [0.717, 1.165) is 0 Å². The second-order valence-corrected chi connectivity index (χ2v) is 4.03. The largest absolute Gasteiger partial charge is 0.468 e. The van der Waals surface area contributed by atoms with Crippen LogP contribution in [-0.2, 0) is 4.74 Å². The van der Waals surface area contributed by atoms with Crippen LogP contribution in [0.4, 0.5) is 13.2 Å². The predicted octanol–water partition coefficient (Wildman–Crippen LogP) is 1.74. The Morgan fingerprint density at radius 2 is 2.30 bits per heavy atom. The van der Waals surface area contributed by atoms with E-state index in [4.69, 9.17) is 10.00 Å². The third kappa shape index (κ3) is 2.90. The summed E-state index contributed by atoms with van der Waals surface area (Å²) in [4.78, 5) is 5.46. The van der Waals surface area contributed by atoms with Gasteiger partial charge >= 0.3 is 6.18 Å².